The number of piperazine rings is 1. The van der Waals surface area contributed by atoms with Crippen molar-refractivity contribution < 1.29 is 4.76 Å². The zero-order valence-corrected chi connectivity index (χ0v) is 17.1. The van der Waals surface area contributed by atoms with E-state index in [0.29, 0.717) is 24.0 Å². The molecule has 4 N–H and O–H groups in total. The normalized spacial score (nSPS) is 41.6. The molecule has 0 amide bonds. The van der Waals surface area contributed by atoms with Gasteiger partial charge in [0.15, 0.2) is 0 Å². The largest absolute Gasteiger partial charge is 0.317 e. The standard InChI is InChI=1S/C20H39N6O/c1-14-10-18(24-25-13-15(2)26(27)20(14)25)19-12-22-17(11-23-19)5-3-4-16-6-8-21-9-7-16/h14-24H,3-13H2,1-2H3/q+1. The summed E-state index contributed by atoms with van der Waals surface area (Å²) in [6, 6.07) is 1.56. The molecule has 4 rings (SSSR count). The van der Waals surface area contributed by atoms with Crippen molar-refractivity contribution in [2.75, 3.05) is 32.7 Å². The summed E-state index contributed by atoms with van der Waals surface area (Å²) < 4.78 is 1.29. The third-order valence-corrected chi connectivity index (χ3v) is 7.30. The van der Waals surface area contributed by atoms with Gasteiger partial charge in [-0.25, -0.2) is 5.43 Å². The molecular weight excluding hydrogens is 340 g/mol. The maximum atomic E-state index is 12.3. The van der Waals surface area contributed by atoms with Crippen LogP contribution in [-0.4, -0.2) is 72.8 Å². The molecule has 0 aromatic heterocycles. The Morgan fingerprint density at radius 1 is 1.04 bits per heavy atom. The number of hydrogen-bond acceptors (Lipinski definition) is 6. The summed E-state index contributed by atoms with van der Waals surface area (Å²) in [5.74, 6) is 1.35. The van der Waals surface area contributed by atoms with E-state index in [4.69, 9.17) is 0 Å². The predicted molar refractivity (Wildman–Crippen MR) is 107 cm³/mol. The fourth-order valence-electron chi connectivity index (χ4n) is 5.64. The first-order valence-corrected chi connectivity index (χ1v) is 11.3. The van der Waals surface area contributed by atoms with Crippen LogP contribution in [0.2, 0.25) is 0 Å². The highest BCUT2D eigenvalue weighted by Gasteiger charge is 2.53. The first-order chi connectivity index (χ1) is 13.1. The lowest BCUT2D eigenvalue weighted by atomic mass is 9.89. The Morgan fingerprint density at radius 3 is 2.59 bits per heavy atom. The van der Waals surface area contributed by atoms with E-state index >= 15 is 0 Å². The van der Waals surface area contributed by atoms with Crippen molar-refractivity contribution in [1.29, 1.82) is 0 Å². The molecule has 27 heavy (non-hydrogen) atoms. The quantitative estimate of drug-likeness (QED) is 0.530. The smallest absolute Gasteiger partial charge is 0.272 e. The number of nitrogens with one attached hydrogen (secondary N) is 4. The summed E-state index contributed by atoms with van der Waals surface area (Å²) in [7, 11) is 0. The van der Waals surface area contributed by atoms with Crippen LogP contribution in [0.5, 0.6) is 0 Å². The molecule has 0 bridgehead atoms. The van der Waals surface area contributed by atoms with Gasteiger partial charge in [-0.2, -0.15) is 5.01 Å². The molecule has 4 heterocycles. The predicted octanol–water partition coefficient (Wildman–Crippen LogP) is 0.808. The van der Waals surface area contributed by atoms with Gasteiger partial charge in [-0.1, -0.05) is 19.8 Å². The van der Waals surface area contributed by atoms with Crippen LogP contribution in [0.4, 0.5) is 0 Å². The molecule has 0 aliphatic carbocycles. The summed E-state index contributed by atoms with van der Waals surface area (Å²) >= 11 is 0. The molecular formula is C20H39N6O+. The van der Waals surface area contributed by atoms with Gasteiger partial charge in [0.05, 0.1) is 6.54 Å². The Balaban J connectivity index is 1.19. The van der Waals surface area contributed by atoms with Gasteiger partial charge < -0.3 is 16.0 Å². The number of fused-ring (bicyclic) bond motifs is 1. The molecule has 0 radical (unpaired) electrons. The Hall–Kier alpha value is -0.600. The Kier molecular flexibility index (Phi) is 6.44. The fraction of sp³-hybridized carbons (Fsp3) is 1.00. The third-order valence-electron chi connectivity index (χ3n) is 7.30. The van der Waals surface area contributed by atoms with Crippen molar-refractivity contribution in [3.63, 3.8) is 0 Å². The maximum Gasteiger partial charge on any atom is 0.272 e. The summed E-state index contributed by atoms with van der Waals surface area (Å²) in [6.45, 7) is 9.60. The van der Waals surface area contributed by atoms with Crippen molar-refractivity contribution in [1.82, 2.24) is 26.4 Å². The van der Waals surface area contributed by atoms with E-state index in [1.54, 1.807) is 0 Å². The summed E-state index contributed by atoms with van der Waals surface area (Å²) in [6.07, 6.45) is 7.82. The topological polar surface area (TPSA) is 71.4 Å². The monoisotopic (exact) mass is 379 g/mol. The van der Waals surface area contributed by atoms with Crippen molar-refractivity contribution in [3.05, 3.63) is 4.91 Å². The molecule has 7 nitrogen and oxygen atoms in total. The third kappa shape index (κ3) is 4.53. The number of nitroso groups, excluding NO2 is 1. The van der Waals surface area contributed by atoms with E-state index in [-0.39, 0.29) is 12.2 Å². The molecule has 4 fully saturated rings. The molecule has 4 aliphatic rings. The van der Waals surface area contributed by atoms with Crippen LogP contribution in [0.15, 0.2) is 0 Å². The summed E-state index contributed by atoms with van der Waals surface area (Å²) in [5.41, 5.74) is 3.66. The zero-order chi connectivity index (χ0) is 18.8. The van der Waals surface area contributed by atoms with E-state index in [9.17, 15) is 4.91 Å². The molecule has 0 saturated carbocycles. The van der Waals surface area contributed by atoms with Crippen molar-refractivity contribution in [3.8, 4) is 0 Å². The Labute approximate surface area is 163 Å². The average molecular weight is 380 g/mol. The van der Waals surface area contributed by atoms with Crippen molar-refractivity contribution >= 4 is 0 Å². The molecule has 0 aromatic rings. The first-order valence-electron chi connectivity index (χ1n) is 11.3. The highest BCUT2D eigenvalue weighted by molar-refractivity contribution is 4.95. The van der Waals surface area contributed by atoms with Crippen LogP contribution in [0.1, 0.15) is 52.4 Å². The van der Waals surface area contributed by atoms with Crippen LogP contribution >= 0.6 is 0 Å². The minimum Gasteiger partial charge on any atom is -0.317 e. The fourth-order valence-corrected chi connectivity index (χ4v) is 5.64. The van der Waals surface area contributed by atoms with Crippen LogP contribution in [0.3, 0.4) is 0 Å². The zero-order valence-electron chi connectivity index (χ0n) is 17.1. The molecule has 6 atom stereocenters. The molecule has 0 aromatic carbocycles. The lowest BCUT2D eigenvalue weighted by Gasteiger charge is -2.42. The first kappa shape index (κ1) is 19.7. The van der Waals surface area contributed by atoms with Gasteiger partial charge in [-0.15, -0.1) is 0 Å². The summed E-state index contributed by atoms with van der Waals surface area (Å²) in [5, 5.41) is 13.2. The van der Waals surface area contributed by atoms with Crippen LogP contribution in [-0.2, 0) is 0 Å². The molecule has 0 spiro atoms. The molecule has 4 saturated heterocycles. The van der Waals surface area contributed by atoms with Crippen molar-refractivity contribution in [2.24, 2.45) is 11.8 Å². The number of hydrazine groups is 1. The molecule has 7 heteroatoms. The van der Waals surface area contributed by atoms with E-state index < -0.39 is 0 Å². The second-order valence-corrected chi connectivity index (χ2v) is 9.47. The highest BCUT2D eigenvalue weighted by atomic mass is 16.3. The van der Waals surface area contributed by atoms with E-state index in [2.05, 4.69) is 33.3 Å². The SMILES string of the molecule is CC1CC(C2CNC(CCCC3CCNCC3)CN2)NN2CC(C)[N+](=O)C12. The lowest BCUT2D eigenvalue weighted by molar-refractivity contribution is -0.615. The highest BCUT2D eigenvalue weighted by Crippen LogP contribution is 2.29. The van der Waals surface area contributed by atoms with Crippen LogP contribution < -0.4 is 21.4 Å². The minimum atomic E-state index is 0.00976. The van der Waals surface area contributed by atoms with Crippen molar-refractivity contribution in [2.45, 2.75) is 82.7 Å². The number of hydrogen-bond donors (Lipinski definition) is 4. The number of rotatable bonds is 5. The van der Waals surface area contributed by atoms with Gasteiger partial charge >= 0.3 is 0 Å². The maximum absolute atomic E-state index is 12.3. The molecule has 154 valence electrons. The van der Waals surface area contributed by atoms with E-state index in [1.807, 2.05) is 6.92 Å². The second kappa shape index (κ2) is 8.82. The lowest BCUT2D eigenvalue weighted by Crippen LogP contribution is -2.67. The van der Waals surface area contributed by atoms with Gasteiger partial charge in [0.2, 0.25) is 6.04 Å². The Bertz CT molecular complexity index is 503. The van der Waals surface area contributed by atoms with Crippen LogP contribution in [0, 0.1) is 16.7 Å². The van der Waals surface area contributed by atoms with Gasteiger partial charge in [-0.3, -0.25) is 0 Å². The average Bonchev–Trinajstić information content (AvgIpc) is 2.97. The van der Waals surface area contributed by atoms with Gasteiger partial charge in [-0.05, 0) is 44.7 Å². The van der Waals surface area contributed by atoms with Gasteiger partial charge in [0.25, 0.3) is 6.17 Å². The van der Waals surface area contributed by atoms with Crippen LogP contribution in [0.25, 0.3) is 0 Å². The Morgan fingerprint density at radius 2 is 1.85 bits per heavy atom. The number of nitrogens with zero attached hydrogens (tertiary/aromatic N) is 2. The van der Waals surface area contributed by atoms with E-state index in [0.717, 1.165) is 32.0 Å². The van der Waals surface area contributed by atoms with E-state index in [1.165, 1.54) is 50.0 Å². The second-order valence-electron chi connectivity index (χ2n) is 9.47. The summed E-state index contributed by atoms with van der Waals surface area (Å²) in [4.78, 5) is 12.3. The van der Waals surface area contributed by atoms with Gasteiger partial charge in [0, 0.05) is 53.7 Å². The minimum absolute atomic E-state index is 0.00976. The van der Waals surface area contributed by atoms with Gasteiger partial charge in [0.1, 0.15) is 0 Å². The number of piperidine rings is 1. The molecule has 6 unspecified atom stereocenters. The molecule has 4 aliphatic heterocycles.